The van der Waals surface area contributed by atoms with E-state index in [1.807, 2.05) is 0 Å². The molecule has 0 aromatic heterocycles. The van der Waals surface area contributed by atoms with E-state index in [4.69, 9.17) is 11.6 Å². The maximum atomic E-state index is 10.6. The van der Waals surface area contributed by atoms with Gasteiger partial charge in [0.15, 0.2) is 0 Å². The molecule has 162 valence electrons. The summed E-state index contributed by atoms with van der Waals surface area (Å²) in [5.41, 5.74) is 0. The lowest BCUT2D eigenvalue weighted by molar-refractivity contribution is -0.111. The van der Waals surface area contributed by atoms with Crippen molar-refractivity contribution in [3.63, 3.8) is 0 Å². The van der Waals surface area contributed by atoms with Gasteiger partial charge in [-0.15, -0.1) is 0 Å². The van der Waals surface area contributed by atoms with Crippen LogP contribution < -0.4 is 0 Å². The highest BCUT2D eigenvalue weighted by atomic mass is 35.5. The molecule has 0 N–H and O–H groups in total. The van der Waals surface area contributed by atoms with Gasteiger partial charge in [0.25, 0.3) is 0 Å². The van der Waals surface area contributed by atoms with Crippen molar-refractivity contribution >= 4 is 28.6 Å². The molecule has 0 unspecified atom stereocenters. The largest absolute Gasteiger partial charge is 0.281 e. The fraction of sp³-hybridized carbons (Fsp3) is 0.958. The van der Waals surface area contributed by atoms with E-state index in [0.29, 0.717) is 6.42 Å². The van der Waals surface area contributed by atoms with Crippen molar-refractivity contribution in [2.45, 2.75) is 135 Å². The Morgan fingerprint density at radius 1 is 0.556 bits per heavy atom. The lowest BCUT2D eigenvalue weighted by Gasteiger charge is -2.04. The molecule has 1 nitrogen and oxygen atoms in total. The molecule has 0 aromatic carbocycles. The molecule has 0 radical (unpaired) electrons. The monoisotopic (exact) mass is 418 g/mol. The van der Waals surface area contributed by atoms with Gasteiger partial charge in [0, 0.05) is 6.42 Å². The lowest BCUT2D eigenvalue weighted by Crippen LogP contribution is -1.89. The Hall–Kier alpha value is 0.310. The number of hydrogen-bond donors (Lipinski definition) is 0. The fourth-order valence-corrected chi connectivity index (χ4v) is 4.65. The van der Waals surface area contributed by atoms with E-state index in [2.05, 4.69) is 18.7 Å². The Kier molecular flexibility index (Phi) is 24.6. The highest BCUT2D eigenvalue weighted by Gasteiger charge is 1.97. The Bertz CT molecular complexity index is 296. The van der Waals surface area contributed by atoms with Crippen molar-refractivity contribution in [2.75, 3.05) is 11.5 Å². The van der Waals surface area contributed by atoms with E-state index < -0.39 is 0 Å². The third-order valence-electron chi connectivity index (χ3n) is 5.30. The first-order chi connectivity index (χ1) is 13.3. The lowest BCUT2D eigenvalue weighted by atomic mass is 10.0. The molecule has 0 rings (SSSR count). The zero-order chi connectivity index (χ0) is 19.8. The molecule has 3 heteroatoms. The number of unbranched alkanes of at least 4 members (excludes halogenated alkanes) is 17. The molecule has 27 heavy (non-hydrogen) atoms. The summed E-state index contributed by atoms with van der Waals surface area (Å²) in [7, 11) is 0. The van der Waals surface area contributed by atoms with Gasteiger partial charge in [-0.25, -0.2) is 0 Å². The molecule has 0 heterocycles. The molecule has 0 aliphatic rings. The van der Waals surface area contributed by atoms with E-state index in [9.17, 15) is 4.79 Å². The number of carbonyl (C=O) groups is 1. The summed E-state index contributed by atoms with van der Waals surface area (Å²) >= 11 is 7.41. The van der Waals surface area contributed by atoms with Crippen molar-refractivity contribution in [3.8, 4) is 0 Å². The first-order valence-corrected chi connectivity index (χ1v) is 13.6. The van der Waals surface area contributed by atoms with Crippen LogP contribution in [0.1, 0.15) is 135 Å². The van der Waals surface area contributed by atoms with Crippen molar-refractivity contribution in [2.24, 2.45) is 0 Å². The van der Waals surface area contributed by atoms with E-state index >= 15 is 0 Å². The SMILES string of the molecule is CCCCCCCCCCCCCCCCCCSCCCCCC(=O)Cl. The molecule has 0 amide bonds. The minimum Gasteiger partial charge on any atom is -0.281 e. The summed E-state index contributed by atoms with van der Waals surface area (Å²) in [5.74, 6) is 2.56. The minimum absolute atomic E-state index is 0.184. The van der Waals surface area contributed by atoms with Crippen LogP contribution in [0.2, 0.25) is 0 Å². The molecular formula is C24H47ClOS. The Morgan fingerprint density at radius 2 is 0.889 bits per heavy atom. The molecule has 0 spiro atoms. The zero-order valence-corrected chi connectivity index (χ0v) is 19.8. The minimum atomic E-state index is -0.184. The standard InChI is InChI=1S/C24H47ClOS/c1-2-3-4-5-6-7-8-9-10-11-12-13-14-15-16-19-22-27-23-20-17-18-21-24(25)26/h2-23H2,1H3. The second kappa shape index (κ2) is 24.3. The van der Waals surface area contributed by atoms with Crippen LogP contribution in [-0.4, -0.2) is 16.7 Å². The zero-order valence-electron chi connectivity index (χ0n) is 18.3. The Balaban J connectivity index is 2.98. The normalized spacial score (nSPS) is 11.2. The van der Waals surface area contributed by atoms with Gasteiger partial charge in [-0.05, 0) is 42.4 Å². The van der Waals surface area contributed by atoms with Crippen LogP contribution in [-0.2, 0) is 4.79 Å². The quantitative estimate of drug-likeness (QED) is 0.121. The van der Waals surface area contributed by atoms with Gasteiger partial charge in [0.05, 0.1) is 0 Å². The van der Waals surface area contributed by atoms with E-state index in [1.54, 1.807) is 0 Å². The van der Waals surface area contributed by atoms with Crippen LogP contribution in [0.15, 0.2) is 0 Å². The highest BCUT2D eigenvalue weighted by Crippen LogP contribution is 2.15. The number of thioether (sulfide) groups is 1. The maximum absolute atomic E-state index is 10.6. The van der Waals surface area contributed by atoms with Gasteiger partial charge >= 0.3 is 0 Å². The maximum Gasteiger partial charge on any atom is 0.221 e. The van der Waals surface area contributed by atoms with Gasteiger partial charge in [-0.2, -0.15) is 11.8 Å². The summed E-state index contributed by atoms with van der Waals surface area (Å²) in [6.07, 6.45) is 26.9. The number of halogens is 1. The summed E-state index contributed by atoms with van der Waals surface area (Å²) in [6, 6.07) is 0. The van der Waals surface area contributed by atoms with Crippen molar-refractivity contribution in [1.82, 2.24) is 0 Å². The summed E-state index contributed by atoms with van der Waals surface area (Å²) in [5, 5.41) is -0.184. The molecule has 0 saturated heterocycles. The first kappa shape index (κ1) is 27.3. The van der Waals surface area contributed by atoms with Crippen molar-refractivity contribution < 1.29 is 4.79 Å². The van der Waals surface area contributed by atoms with Crippen LogP contribution in [0.5, 0.6) is 0 Å². The van der Waals surface area contributed by atoms with Gasteiger partial charge in [-0.3, -0.25) is 4.79 Å². The molecule has 0 aliphatic carbocycles. The first-order valence-electron chi connectivity index (χ1n) is 12.0. The summed E-state index contributed by atoms with van der Waals surface area (Å²) < 4.78 is 0. The van der Waals surface area contributed by atoms with Crippen LogP contribution >= 0.6 is 23.4 Å². The summed E-state index contributed by atoms with van der Waals surface area (Å²) in [6.45, 7) is 2.29. The van der Waals surface area contributed by atoms with E-state index in [1.165, 1.54) is 121 Å². The van der Waals surface area contributed by atoms with Crippen LogP contribution in [0.3, 0.4) is 0 Å². The van der Waals surface area contributed by atoms with Gasteiger partial charge in [0.1, 0.15) is 0 Å². The third-order valence-corrected chi connectivity index (χ3v) is 6.65. The fourth-order valence-electron chi connectivity index (χ4n) is 3.50. The Labute approximate surface area is 180 Å². The van der Waals surface area contributed by atoms with Crippen LogP contribution in [0, 0.1) is 0 Å². The van der Waals surface area contributed by atoms with Gasteiger partial charge < -0.3 is 0 Å². The number of carbonyl (C=O) groups excluding carboxylic acids is 1. The molecule has 0 atom stereocenters. The molecular weight excluding hydrogens is 372 g/mol. The second-order valence-electron chi connectivity index (χ2n) is 8.08. The highest BCUT2D eigenvalue weighted by molar-refractivity contribution is 7.99. The topological polar surface area (TPSA) is 17.1 Å². The average Bonchev–Trinajstić information content (AvgIpc) is 2.65. The van der Waals surface area contributed by atoms with E-state index in [0.717, 1.165) is 12.8 Å². The van der Waals surface area contributed by atoms with E-state index in [-0.39, 0.29) is 5.24 Å². The number of hydrogen-bond acceptors (Lipinski definition) is 2. The number of rotatable bonds is 23. The second-order valence-corrected chi connectivity index (χ2v) is 9.73. The molecule has 0 bridgehead atoms. The summed E-state index contributed by atoms with van der Waals surface area (Å²) in [4.78, 5) is 10.6. The van der Waals surface area contributed by atoms with Crippen molar-refractivity contribution in [1.29, 1.82) is 0 Å². The molecule has 0 aromatic rings. The Morgan fingerprint density at radius 3 is 1.26 bits per heavy atom. The van der Waals surface area contributed by atoms with Gasteiger partial charge in [-0.1, -0.05) is 110 Å². The predicted octanol–water partition coefficient (Wildman–Crippen LogP) is 9.31. The molecule has 0 saturated carbocycles. The third kappa shape index (κ3) is 26.3. The van der Waals surface area contributed by atoms with Crippen LogP contribution in [0.25, 0.3) is 0 Å². The average molecular weight is 419 g/mol. The van der Waals surface area contributed by atoms with Gasteiger partial charge in [0.2, 0.25) is 5.24 Å². The van der Waals surface area contributed by atoms with Crippen molar-refractivity contribution in [3.05, 3.63) is 0 Å². The van der Waals surface area contributed by atoms with Crippen LogP contribution in [0.4, 0.5) is 0 Å². The predicted molar refractivity (Wildman–Crippen MR) is 126 cm³/mol. The smallest absolute Gasteiger partial charge is 0.221 e. The molecule has 0 aliphatic heterocycles. The molecule has 0 fully saturated rings.